The van der Waals surface area contributed by atoms with Crippen LogP contribution in [0.4, 0.5) is 4.39 Å². The lowest BCUT2D eigenvalue weighted by Gasteiger charge is -2.23. The number of nitrogens with one attached hydrogen (secondary N) is 2. The second kappa shape index (κ2) is 7.01. The molecule has 1 aromatic rings. The summed E-state index contributed by atoms with van der Waals surface area (Å²) in [7, 11) is 0. The van der Waals surface area contributed by atoms with Crippen LogP contribution in [0.3, 0.4) is 0 Å². The Kier molecular flexibility index (Phi) is 5.03. The second-order valence-electron chi connectivity index (χ2n) is 6.30. The first-order valence-electron chi connectivity index (χ1n) is 8.01. The van der Waals surface area contributed by atoms with Gasteiger partial charge in [-0.05, 0) is 49.4 Å². The second-order valence-corrected chi connectivity index (χ2v) is 7.41. The van der Waals surface area contributed by atoms with Gasteiger partial charge in [-0.25, -0.2) is 4.39 Å². The minimum Gasteiger partial charge on any atom is -0.355 e. The monoisotopic (exact) mass is 322 g/mol. The van der Waals surface area contributed by atoms with Crippen molar-refractivity contribution in [3.63, 3.8) is 0 Å². The van der Waals surface area contributed by atoms with Gasteiger partial charge >= 0.3 is 0 Å². The number of carbonyl (C=O) groups excluding carboxylic acids is 1. The van der Waals surface area contributed by atoms with Crippen molar-refractivity contribution < 1.29 is 9.18 Å². The molecule has 120 valence electrons. The van der Waals surface area contributed by atoms with E-state index in [1.165, 1.54) is 6.07 Å². The molecule has 1 spiro atoms. The summed E-state index contributed by atoms with van der Waals surface area (Å²) in [5, 5.41) is 6.40. The zero-order chi connectivity index (χ0) is 15.4. The molecule has 3 nitrogen and oxygen atoms in total. The van der Waals surface area contributed by atoms with E-state index < -0.39 is 0 Å². The Balaban J connectivity index is 1.32. The number of rotatable bonds is 6. The van der Waals surface area contributed by atoms with E-state index >= 15 is 0 Å². The Hall–Kier alpha value is -1.07. The summed E-state index contributed by atoms with van der Waals surface area (Å²) in [5.74, 6) is 1.77. The van der Waals surface area contributed by atoms with Crippen molar-refractivity contribution in [2.75, 3.05) is 25.4 Å². The lowest BCUT2D eigenvalue weighted by molar-refractivity contribution is -0.123. The number of benzene rings is 1. The molecule has 1 heterocycles. The van der Waals surface area contributed by atoms with Gasteiger partial charge in [0.2, 0.25) is 5.91 Å². The van der Waals surface area contributed by atoms with Crippen LogP contribution in [0.2, 0.25) is 0 Å². The molecule has 2 aliphatic rings. The maximum absolute atomic E-state index is 13.5. The van der Waals surface area contributed by atoms with Gasteiger partial charge in [0.05, 0.1) is 0 Å². The van der Waals surface area contributed by atoms with E-state index in [0.29, 0.717) is 17.7 Å². The summed E-state index contributed by atoms with van der Waals surface area (Å²) in [6.07, 6.45) is 3.32. The van der Waals surface area contributed by atoms with Gasteiger partial charge in [-0.1, -0.05) is 18.2 Å². The van der Waals surface area contributed by atoms with Gasteiger partial charge in [0, 0.05) is 24.0 Å². The van der Waals surface area contributed by atoms with Gasteiger partial charge in [-0.2, -0.15) is 11.8 Å². The third kappa shape index (κ3) is 3.63. The van der Waals surface area contributed by atoms with Crippen LogP contribution >= 0.6 is 11.8 Å². The molecule has 5 heteroatoms. The van der Waals surface area contributed by atoms with E-state index in [2.05, 4.69) is 10.6 Å². The van der Waals surface area contributed by atoms with Gasteiger partial charge < -0.3 is 10.6 Å². The molecule has 0 bridgehead atoms. The first-order valence-corrected chi connectivity index (χ1v) is 9.16. The van der Waals surface area contributed by atoms with Crippen LogP contribution in [-0.2, 0) is 10.5 Å². The van der Waals surface area contributed by atoms with E-state index in [-0.39, 0.29) is 17.6 Å². The lowest BCUT2D eigenvalue weighted by Crippen LogP contribution is -2.34. The van der Waals surface area contributed by atoms with Crippen molar-refractivity contribution in [3.8, 4) is 0 Å². The summed E-state index contributed by atoms with van der Waals surface area (Å²) in [6, 6.07) is 6.86. The molecule has 1 aliphatic heterocycles. The quantitative estimate of drug-likeness (QED) is 0.791. The number of halogens is 1. The van der Waals surface area contributed by atoms with Gasteiger partial charge in [-0.3, -0.25) is 4.79 Å². The fourth-order valence-electron chi connectivity index (χ4n) is 3.36. The molecular formula is C17H23FN2OS. The third-order valence-corrected chi connectivity index (χ3v) is 5.87. The molecule has 1 saturated carbocycles. The molecule has 2 N–H and O–H groups in total. The zero-order valence-corrected chi connectivity index (χ0v) is 13.6. The normalized spacial score (nSPS) is 22.5. The standard InChI is InChI=1S/C17H23FN2OS/c18-15-4-2-1-3-13(15)12-22-10-9-20-16(21)14-11-17(14)5-7-19-8-6-17/h1-4,14,19H,5-12H2,(H,20,21). The number of amides is 1. The summed E-state index contributed by atoms with van der Waals surface area (Å²) in [6.45, 7) is 2.76. The topological polar surface area (TPSA) is 41.1 Å². The molecule has 3 rings (SSSR count). The molecule has 0 aromatic heterocycles. The summed E-state index contributed by atoms with van der Waals surface area (Å²) in [5.41, 5.74) is 1.03. The molecule has 1 saturated heterocycles. The lowest BCUT2D eigenvalue weighted by atomic mass is 9.92. The van der Waals surface area contributed by atoms with Crippen LogP contribution in [0.5, 0.6) is 0 Å². The number of hydrogen-bond acceptors (Lipinski definition) is 3. The van der Waals surface area contributed by atoms with Crippen molar-refractivity contribution in [2.24, 2.45) is 11.3 Å². The van der Waals surface area contributed by atoms with Crippen LogP contribution in [0.25, 0.3) is 0 Å². The molecular weight excluding hydrogens is 299 g/mol. The largest absolute Gasteiger partial charge is 0.355 e. The fourth-order valence-corrected chi connectivity index (χ4v) is 4.21. The molecule has 1 aromatic carbocycles. The van der Waals surface area contributed by atoms with Crippen molar-refractivity contribution in [1.29, 1.82) is 0 Å². The average molecular weight is 322 g/mol. The van der Waals surface area contributed by atoms with Crippen LogP contribution in [-0.4, -0.2) is 31.3 Å². The third-order valence-electron chi connectivity index (χ3n) is 4.87. The summed E-state index contributed by atoms with van der Waals surface area (Å²) < 4.78 is 13.5. The SMILES string of the molecule is O=C(NCCSCc1ccccc1F)C1CC12CCNCC2. The van der Waals surface area contributed by atoms with Crippen LogP contribution in [0, 0.1) is 17.2 Å². The maximum Gasteiger partial charge on any atom is 0.223 e. The van der Waals surface area contributed by atoms with Crippen molar-refractivity contribution >= 4 is 17.7 Å². The van der Waals surface area contributed by atoms with E-state index in [4.69, 9.17) is 0 Å². The van der Waals surface area contributed by atoms with E-state index in [1.807, 2.05) is 12.1 Å². The fraction of sp³-hybridized carbons (Fsp3) is 0.588. The van der Waals surface area contributed by atoms with Crippen molar-refractivity contribution in [1.82, 2.24) is 10.6 Å². The predicted molar refractivity (Wildman–Crippen MR) is 88.2 cm³/mol. The zero-order valence-electron chi connectivity index (χ0n) is 12.7. The molecule has 1 aliphatic carbocycles. The molecule has 1 atom stereocenters. The Morgan fingerprint density at radius 2 is 2.14 bits per heavy atom. The highest BCUT2D eigenvalue weighted by Crippen LogP contribution is 2.58. The summed E-state index contributed by atoms with van der Waals surface area (Å²) >= 11 is 1.66. The first-order chi connectivity index (χ1) is 10.7. The Morgan fingerprint density at radius 1 is 1.36 bits per heavy atom. The smallest absolute Gasteiger partial charge is 0.223 e. The number of hydrogen-bond donors (Lipinski definition) is 2. The van der Waals surface area contributed by atoms with Gasteiger partial charge in [0.1, 0.15) is 5.82 Å². The van der Waals surface area contributed by atoms with Gasteiger partial charge in [-0.15, -0.1) is 0 Å². The number of piperidine rings is 1. The number of thioether (sulfide) groups is 1. The molecule has 1 amide bonds. The van der Waals surface area contributed by atoms with Gasteiger partial charge in [0.25, 0.3) is 0 Å². The first kappa shape index (κ1) is 15.8. The highest BCUT2D eigenvalue weighted by atomic mass is 32.2. The van der Waals surface area contributed by atoms with E-state index in [0.717, 1.165) is 43.7 Å². The van der Waals surface area contributed by atoms with Gasteiger partial charge in [0.15, 0.2) is 0 Å². The van der Waals surface area contributed by atoms with Crippen molar-refractivity contribution in [3.05, 3.63) is 35.6 Å². The Labute approximate surface area is 135 Å². The molecule has 2 fully saturated rings. The van der Waals surface area contributed by atoms with E-state index in [9.17, 15) is 9.18 Å². The highest BCUT2D eigenvalue weighted by Gasteiger charge is 2.57. The predicted octanol–water partition coefficient (Wildman–Crippen LogP) is 2.56. The van der Waals surface area contributed by atoms with Crippen LogP contribution in [0.1, 0.15) is 24.8 Å². The molecule has 0 radical (unpaired) electrons. The van der Waals surface area contributed by atoms with Crippen LogP contribution in [0.15, 0.2) is 24.3 Å². The van der Waals surface area contributed by atoms with Crippen LogP contribution < -0.4 is 10.6 Å². The molecule has 1 unspecified atom stereocenters. The van der Waals surface area contributed by atoms with E-state index in [1.54, 1.807) is 17.8 Å². The highest BCUT2D eigenvalue weighted by molar-refractivity contribution is 7.98. The summed E-state index contributed by atoms with van der Waals surface area (Å²) in [4.78, 5) is 12.2. The minimum absolute atomic E-state index is 0.148. The number of carbonyl (C=O) groups is 1. The molecule has 22 heavy (non-hydrogen) atoms. The Morgan fingerprint density at radius 3 is 2.91 bits per heavy atom. The average Bonchev–Trinajstić information content (AvgIpc) is 3.22. The Bertz CT molecular complexity index is 531. The minimum atomic E-state index is -0.148. The maximum atomic E-state index is 13.5. The van der Waals surface area contributed by atoms with Crippen molar-refractivity contribution in [2.45, 2.75) is 25.0 Å².